The van der Waals surface area contributed by atoms with Crippen LogP contribution in [-0.4, -0.2) is 60.9 Å². The maximum absolute atomic E-state index is 12.5. The summed E-state index contributed by atoms with van der Waals surface area (Å²) in [6, 6.07) is 0. The summed E-state index contributed by atoms with van der Waals surface area (Å²) in [7, 11) is 1.21. The zero-order chi connectivity index (χ0) is 25.9. The first-order valence-electron chi connectivity index (χ1n) is 12.5. The summed E-state index contributed by atoms with van der Waals surface area (Å²) in [6.07, 6.45) is 7.34. The lowest BCUT2D eigenvalue weighted by atomic mass is 9.99. The van der Waals surface area contributed by atoms with Crippen LogP contribution in [0.5, 0.6) is 0 Å². The van der Waals surface area contributed by atoms with Crippen LogP contribution in [0.2, 0.25) is 0 Å². The van der Waals surface area contributed by atoms with E-state index in [2.05, 4.69) is 17.0 Å². The number of nitrogens with one attached hydrogen (secondary N) is 1. The van der Waals surface area contributed by atoms with Crippen molar-refractivity contribution in [1.29, 1.82) is 0 Å². The number of unbranched alkanes of at least 4 members (excludes halogenated alkanes) is 8. The summed E-state index contributed by atoms with van der Waals surface area (Å²) in [6.45, 7) is 6.37. The van der Waals surface area contributed by atoms with Gasteiger partial charge in [0.05, 0.1) is 25.6 Å². The van der Waals surface area contributed by atoms with Crippen LogP contribution in [0.4, 0.5) is 0 Å². The van der Waals surface area contributed by atoms with Crippen LogP contribution in [0, 0.1) is 5.92 Å². The molecule has 0 heterocycles. The molecule has 0 bridgehead atoms. The molecule has 0 aromatic rings. The monoisotopic (exact) mass is 487 g/mol. The third-order valence-electron chi connectivity index (χ3n) is 5.61. The minimum absolute atomic E-state index is 0.169. The maximum atomic E-state index is 12.5. The van der Waals surface area contributed by atoms with Gasteiger partial charge in [-0.3, -0.25) is 19.2 Å². The number of ether oxygens (including phenoxy) is 3. The summed E-state index contributed by atoms with van der Waals surface area (Å²) < 4.78 is 15.2. The van der Waals surface area contributed by atoms with Crippen LogP contribution in [-0.2, 0) is 33.4 Å². The highest BCUT2D eigenvalue weighted by molar-refractivity contribution is 5.80. The molecule has 198 valence electrons. The zero-order valence-electron chi connectivity index (χ0n) is 21.6. The average Bonchev–Trinajstić information content (AvgIpc) is 2.79. The Morgan fingerprint density at radius 1 is 0.853 bits per heavy atom. The van der Waals surface area contributed by atoms with E-state index in [1.807, 2.05) is 0 Å². The van der Waals surface area contributed by atoms with E-state index >= 15 is 0 Å². The molecule has 0 fully saturated rings. The Balaban J connectivity index is 4.48. The predicted octanol–water partition coefficient (Wildman–Crippen LogP) is 3.45. The number of esters is 3. The highest BCUT2D eigenvalue weighted by Gasteiger charge is 2.34. The van der Waals surface area contributed by atoms with E-state index in [1.54, 1.807) is 13.8 Å². The van der Waals surface area contributed by atoms with Crippen molar-refractivity contribution in [1.82, 2.24) is 5.32 Å². The van der Waals surface area contributed by atoms with Crippen molar-refractivity contribution in [3.8, 4) is 0 Å². The molecular formula is C25H45NO8. The van der Waals surface area contributed by atoms with Crippen LogP contribution in [0.1, 0.15) is 98.3 Å². The van der Waals surface area contributed by atoms with Crippen molar-refractivity contribution in [2.45, 2.75) is 117 Å². The molecule has 1 amide bonds. The van der Waals surface area contributed by atoms with Crippen molar-refractivity contribution in [3.63, 3.8) is 0 Å². The number of hydrogen-bond acceptors (Lipinski definition) is 8. The molecule has 9 nitrogen and oxygen atoms in total. The van der Waals surface area contributed by atoms with Crippen molar-refractivity contribution < 1.29 is 38.5 Å². The molecule has 4 unspecified atom stereocenters. The molecule has 0 saturated carbocycles. The Kier molecular flexibility index (Phi) is 18.0. The van der Waals surface area contributed by atoms with Crippen LogP contribution >= 0.6 is 0 Å². The Morgan fingerprint density at radius 3 is 1.94 bits per heavy atom. The van der Waals surface area contributed by atoms with Crippen molar-refractivity contribution >= 4 is 23.8 Å². The molecule has 2 N–H and O–H groups in total. The minimum Gasteiger partial charge on any atom is -0.469 e. The second kappa shape index (κ2) is 19.2. The summed E-state index contributed by atoms with van der Waals surface area (Å²) in [5, 5.41) is 12.3. The standard InChI is InChI=1S/C25H45NO8/c1-6-7-8-9-10-11-12-13-14-15-22(29)33-19(3)24(34-20(4)27)18(2)25(31)26-17-21(28)16-23(30)32-5/h18-19,21,24,28H,6-17H2,1-5H3,(H,26,31). The second-order valence-electron chi connectivity index (χ2n) is 8.82. The smallest absolute Gasteiger partial charge is 0.308 e. The van der Waals surface area contributed by atoms with Crippen molar-refractivity contribution in [3.05, 3.63) is 0 Å². The van der Waals surface area contributed by atoms with E-state index in [0.717, 1.165) is 19.3 Å². The summed E-state index contributed by atoms with van der Waals surface area (Å²) in [5.41, 5.74) is 0. The molecule has 9 heteroatoms. The molecule has 0 rings (SSSR count). The molecule has 0 aliphatic rings. The first-order valence-corrected chi connectivity index (χ1v) is 12.5. The number of aliphatic hydroxyl groups is 1. The third kappa shape index (κ3) is 15.6. The van der Waals surface area contributed by atoms with Gasteiger partial charge >= 0.3 is 17.9 Å². The zero-order valence-corrected chi connectivity index (χ0v) is 21.6. The van der Waals surface area contributed by atoms with Gasteiger partial charge in [0.25, 0.3) is 0 Å². The van der Waals surface area contributed by atoms with Crippen LogP contribution in [0.3, 0.4) is 0 Å². The Hall–Kier alpha value is -2.16. The molecule has 0 radical (unpaired) electrons. The van der Waals surface area contributed by atoms with E-state index in [0.29, 0.717) is 0 Å². The topological polar surface area (TPSA) is 128 Å². The number of rotatable bonds is 19. The Labute approximate surface area is 204 Å². The van der Waals surface area contributed by atoms with E-state index in [9.17, 15) is 24.3 Å². The van der Waals surface area contributed by atoms with E-state index in [-0.39, 0.29) is 19.4 Å². The van der Waals surface area contributed by atoms with Gasteiger partial charge in [-0.2, -0.15) is 0 Å². The van der Waals surface area contributed by atoms with Crippen molar-refractivity contribution in [2.24, 2.45) is 5.92 Å². The van der Waals surface area contributed by atoms with E-state index < -0.39 is 48.0 Å². The van der Waals surface area contributed by atoms with Gasteiger partial charge in [0.2, 0.25) is 5.91 Å². The normalized spacial score (nSPS) is 14.4. The number of aliphatic hydroxyl groups excluding tert-OH is 1. The highest BCUT2D eigenvalue weighted by Crippen LogP contribution is 2.17. The first-order chi connectivity index (χ1) is 16.1. The lowest BCUT2D eigenvalue weighted by Crippen LogP contribution is -2.46. The van der Waals surface area contributed by atoms with Gasteiger partial charge in [0.1, 0.15) is 12.2 Å². The van der Waals surface area contributed by atoms with Crippen LogP contribution in [0.15, 0.2) is 0 Å². The lowest BCUT2D eigenvalue weighted by molar-refractivity contribution is -0.171. The lowest BCUT2D eigenvalue weighted by Gasteiger charge is -2.28. The average molecular weight is 488 g/mol. The van der Waals surface area contributed by atoms with Crippen LogP contribution < -0.4 is 5.32 Å². The molecule has 0 aromatic heterocycles. The van der Waals surface area contributed by atoms with Gasteiger partial charge in [0.15, 0.2) is 0 Å². The molecule has 0 saturated heterocycles. The van der Waals surface area contributed by atoms with Gasteiger partial charge < -0.3 is 24.6 Å². The molecule has 34 heavy (non-hydrogen) atoms. The van der Waals surface area contributed by atoms with E-state index in [1.165, 1.54) is 52.6 Å². The van der Waals surface area contributed by atoms with Gasteiger partial charge in [-0.05, 0) is 20.3 Å². The number of hydrogen-bond donors (Lipinski definition) is 2. The summed E-state index contributed by atoms with van der Waals surface area (Å²) >= 11 is 0. The van der Waals surface area contributed by atoms with Gasteiger partial charge in [-0.25, -0.2) is 0 Å². The molecule has 0 aliphatic carbocycles. The molecule has 4 atom stereocenters. The fourth-order valence-corrected chi connectivity index (χ4v) is 3.59. The number of carbonyl (C=O) groups excluding carboxylic acids is 4. The fourth-order valence-electron chi connectivity index (χ4n) is 3.59. The number of amides is 1. The van der Waals surface area contributed by atoms with Crippen molar-refractivity contribution in [2.75, 3.05) is 13.7 Å². The summed E-state index contributed by atoms with van der Waals surface area (Å²) in [4.78, 5) is 47.5. The minimum atomic E-state index is -1.11. The molecule has 0 spiro atoms. The predicted molar refractivity (Wildman–Crippen MR) is 128 cm³/mol. The van der Waals surface area contributed by atoms with Gasteiger partial charge in [0, 0.05) is 19.9 Å². The molecule has 0 aliphatic heterocycles. The largest absolute Gasteiger partial charge is 0.469 e. The first kappa shape index (κ1) is 31.8. The third-order valence-corrected chi connectivity index (χ3v) is 5.61. The highest BCUT2D eigenvalue weighted by atomic mass is 16.6. The second-order valence-corrected chi connectivity index (χ2v) is 8.82. The Morgan fingerprint density at radius 2 is 1.41 bits per heavy atom. The molecule has 0 aromatic carbocycles. The quantitative estimate of drug-likeness (QED) is 0.161. The maximum Gasteiger partial charge on any atom is 0.308 e. The number of methoxy groups -OCH3 is 1. The van der Waals surface area contributed by atoms with E-state index in [4.69, 9.17) is 9.47 Å². The summed E-state index contributed by atoms with van der Waals surface area (Å²) in [5.74, 6) is -2.94. The number of carbonyl (C=O) groups is 4. The SMILES string of the molecule is CCCCCCCCCCCC(=O)OC(C)C(OC(C)=O)C(C)C(=O)NCC(O)CC(=O)OC. The molecular weight excluding hydrogens is 442 g/mol. The Bertz CT molecular complexity index is 610. The van der Waals surface area contributed by atoms with Gasteiger partial charge in [-0.1, -0.05) is 58.3 Å². The fraction of sp³-hybridized carbons (Fsp3) is 0.840. The van der Waals surface area contributed by atoms with Crippen LogP contribution in [0.25, 0.3) is 0 Å². The van der Waals surface area contributed by atoms with Gasteiger partial charge in [-0.15, -0.1) is 0 Å².